The monoisotopic (exact) mass is 421 g/mol. The maximum atomic E-state index is 13.4. The lowest BCUT2D eigenvalue weighted by Crippen LogP contribution is -2.39. The van der Waals surface area contributed by atoms with E-state index in [1.807, 2.05) is 6.92 Å². The molecule has 0 amide bonds. The van der Waals surface area contributed by atoms with E-state index in [0.717, 1.165) is 61.1 Å². The van der Waals surface area contributed by atoms with Gasteiger partial charge in [-0.3, -0.25) is 4.79 Å². The zero-order chi connectivity index (χ0) is 22.2. The van der Waals surface area contributed by atoms with Crippen LogP contribution in [-0.4, -0.2) is 17.9 Å². The molecule has 1 aliphatic heterocycles. The van der Waals surface area contributed by atoms with Crippen LogP contribution in [-0.2, 0) is 20.7 Å². The zero-order valence-corrected chi connectivity index (χ0v) is 19.3. The van der Waals surface area contributed by atoms with Crippen LogP contribution in [0.4, 0.5) is 0 Å². The molecule has 2 aliphatic carbocycles. The van der Waals surface area contributed by atoms with Gasteiger partial charge in [0.2, 0.25) is 0 Å². The minimum atomic E-state index is -0.359. The Morgan fingerprint density at radius 3 is 2.42 bits per heavy atom. The Balaban J connectivity index is 1.75. The van der Waals surface area contributed by atoms with Gasteiger partial charge in [0, 0.05) is 29.3 Å². The predicted octanol–water partition coefficient (Wildman–Crippen LogP) is 5.73. The highest BCUT2D eigenvalue weighted by molar-refractivity contribution is 6.04. The third-order valence-corrected chi connectivity index (χ3v) is 7.01. The largest absolute Gasteiger partial charge is 0.459 e. The molecule has 3 aliphatic rings. The van der Waals surface area contributed by atoms with E-state index in [2.05, 4.69) is 50.4 Å². The normalized spacial score (nSPS) is 24.0. The summed E-state index contributed by atoms with van der Waals surface area (Å²) >= 11 is 0. The van der Waals surface area contributed by atoms with Crippen LogP contribution in [0.5, 0.6) is 0 Å². The van der Waals surface area contributed by atoms with Gasteiger partial charge in [0.1, 0.15) is 6.10 Å². The molecule has 0 spiro atoms. The summed E-state index contributed by atoms with van der Waals surface area (Å²) in [7, 11) is 0. The van der Waals surface area contributed by atoms with E-state index in [0.29, 0.717) is 12.0 Å². The summed E-state index contributed by atoms with van der Waals surface area (Å²) in [5.74, 6) is -0.494. The van der Waals surface area contributed by atoms with Crippen molar-refractivity contribution in [1.82, 2.24) is 5.32 Å². The van der Waals surface area contributed by atoms with Gasteiger partial charge in [-0.2, -0.15) is 0 Å². The van der Waals surface area contributed by atoms with Crippen LogP contribution < -0.4 is 5.32 Å². The van der Waals surface area contributed by atoms with Crippen LogP contribution in [0.25, 0.3) is 0 Å². The SMILES string of the molecule is CCc1ccc(C2C(C(=O)OC3CCCCC3)=C(C)NC3=C2C(=O)CC(C)(C)C3)cc1. The number of esters is 1. The van der Waals surface area contributed by atoms with Gasteiger partial charge in [0.25, 0.3) is 0 Å². The van der Waals surface area contributed by atoms with E-state index < -0.39 is 0 Å². The van der Waals surface area contributed by atoms with Crippen LogP contribution >= 0.6 is 0 Å². The fraction of sp³-hybridized carbons (Fsp3) is 0.556. The number of hydrogen-bond acceptors (Lipinski definition) is 4. The molecule has 1 aromatic carbocycles. The number of carbonyl (C=O) groups excluding carboxylic acids is 2. The fourth-order valence-corrected chi connectivity index (χ4v) is 5.38. The molecule has 31 heavy (non-hydrogen) atoms. The van der Waals surface area contributed by atoms with Crippen molar-refractivity contribution in [1.29, 1.82) is 0 Å². The minimum Gasteiger partial charge on any atom is -0.459 e. The van der Waals surface area contributed by atoms with Crippen LogP contribution in [0.2, 0.25) is 0 Å². The van der Waals surface area contributed by atoms with E-state index in [1.54, 1.807) is 0 Å². The number of hydrogen-bond donors (Lipinski definition) is 1. The van der Waals surface area contributed by atoms with Gasteiger partial charge in [0.15, 0.2) is 5.78 Å². The van der Waals surface area contributed by atoms with Crippen molar-refractivity contribution in [3.8, 4) is 0 Å². The van der Waals surface area contributed by atoms with Crippen LogP contribution in [0.3, 0.4) is 0 Å². The number of ether oxygens (including phenoxy) is 1. The van der Waals surface area contributed by atoms with Gasteiger partial charge in [-0.25, -0.2) is 4.79 Å². The molecule has 0 bridgehead atoms. The van der Waals surface area contributed by atoms with Crippen LogP contribution in [0, 0.1) is 5.41 Å². The second-order valence-electron chi connectivity index (χ2n) is 10.2. The summed E-state index contributed by atoms with van der Waals surface area (Å²) in [5, 5.41) is 3.43. The smallest absolute Gasteiger partial charge is 0.337 e. The maximum Gasteiger partial charge on any atom is 0.337 e. The average Bonchev–Trinajstić information content (AvgIpc) is 2.72. The third-order valence-electron chi connectivity index (χ3n) is 7.01. The number of benzene rings is 1. The molecule has 1 atom stereocenters. The highest BCUT2D eigenvalue weighted by atomic mass is 16.5. The number of nitrogens with one attached hydrogen (secondary N) is 1. The molecule has 1 N–H and O–H groups in total. The van der Waals surface area contributed by atoms with Gasteiger partial charge in [-0.05, 0) is 62.0 Å². The van der Waals surface area contributed by atoms with E-state index in [-0.39, 0.29) is 29.2 Å². The number of dihydropyridines is 1. The molecular weight excluding hydrogens is 386 g/mol. The highest BCUT2D eigenvalue weighted by Crippen LogP contribution is 2.47. The second-order valence-corrected chi connectivity index (χ2v) is 10.2. The average molecular weight is 422 g/mol. The van der Waals surface area contributed by atoms with Crippen molar-refractivity contribution in [2.24, 2.45) is 5.41 Å². The van der Waals surface area contributed by atoms with E-state index in [4.69, 9.17) is 4.74 Å². The molecule has 1 aromatic rings. The summed E-state index contributed by atoms with van der Waals surface area (Å²) < 4.78 is 5.98. The number of Topliss-reactive ketones (excluding diaryl/α,β-unsaturated/α-hetero) is 1. The number of allylic oxidation sites excluding steroid dienone is 3. The van der Waals surface area contributed by atoms with Crippen molar-refractivity contribution in [2.45, 2.75) is 91.1 Å². The number of aryl methyl sites for hydroxylation is 1. The highest BCUT2D eigenvalue weighted by Gasteiger charge is 2.43. The van der Waals surface area contributed by atoms with Crippen molar-refractivity contribution >= 4 is 11.8 Å². The molecule has 1 saturated carbocycles. The summed E-state index contributed by atoms with van der Waals surface area (Å²) in [5.41, 5.74) is 5.29. The van der Waals surface area contributed by atoms with Gasteiger partial charge in [-0.15, -0.1) is 0 Å². The summed E-state index contributed by atoms with van der Waals surface area (Å²) in [6, 6.07) is 8.36. The Morgan fingerprint density at radius 1 is 1.10 bits per heavy atom. The molecule has 0 saturated heterocycles. The van der Waals surface area contributed by atoms with Crippen molar-refractivity contribution in [3.05, 3.63) is 57.9 Å². The number of ketones is 1. The second kappa shape index (κ2) is 8.64. The predicted molar refractivity (Wildman–Crippen MR) is 122 cm³/mol. The first-order valence-corrected chi connectivity index (χ1v) is 11.8. The topological polar surface area (TPSA) is 55.4 Å². The molecule has 0 aromatic heterocycles. The summed E-state index contributed by atoms with van der Waals surface area (Å²) in [6.45, 7) is 8.34. The quantitative estimate of drug-likeness (QED) is 0.631. The Kier molecular flexibility index (Phi) is 6.09. The van der Waals surface area contributed by atoms with E-state index >= 15 is 0 Å². The molecular formula is C27H35NO3. The Hall–Kier alpha value is -2.36. The minimum absolute atomic E-state index is 0.0129. The molecule has 4 heteroatoms. The van der Waals surface area contributed by atoms with Crippen molar-refractivity contribution < 1.29 is 14.3 Å². The zero-order valence-electron chi connectivity index (χ0n) is 19.3. The first kappa shape index (κ1) is 21.9. The maximum absolute atomic E-state index is 13.4. The van der Waals surface area contributed by atoms with E-state index in [9.17, 15) is 9.59 Å². The lowest BCUT2D eigenvalue weighted by molar-refractivity contribution is -0.146. The van der Waals surface area contributed by atoms with Gasteiger partial charge >= 0.3 is 5.97 Å². The molecule has 0 radical (unpaired) electrons. The molecule has 1 fully saturated rings. The first-order valence-electron chi connectivity index (χ1n) is 11.8. The third kappa shape index (κ3) is 4.49. The van der Waals surface area contributed by atoms with Crippen molar-refractivity contribution in [2.75, 3.05) is 0 Å². The molecule has 166 valence electrons. The van der Waals surface area contributed by atoms with Crippen LogP contribution in [0.15, 0.2) is 46.8 Å². The first-order chi connectivity index (χ1) is 14.8. The molecule has 1 heterocycles. The molecule has 4 nitrogen and oxygen atoms in total. The van der Waals surface area contributed by atoms with Gasteiger partial charge in [0.05, 0.1) is 5.57 Å². The Labute approximate surface area is 186 Å². The standard InChI is InChI=1S/C27H35NO3/c1-5-18-11-13-19(14-12-18)24-23(26(30)31-20-9-7-6-8-10-20)17(2)28-21-15-27(3,4)16-22(29)25(21)24/h11-14,20,24,28H,5-10,15-16H2,1-4H3. The van der Waals surface area contributed by atoms with Crippen LogP contribution in [0.1, 0.15) is 89.7 Å². The Morgan fingerprint density at radius 2 is 1.77 bits per heavy atom. The summed E-state index contributed by atoms with van der Waals surface area (Å²) in [6.07, 6.45) is 7.55. The van der Waals surface area contributed by atoms with E-state index in [1.165, 1.54) is 12.0 Å². The number of carbonyl (C=O) groups is 2. The molecule has 1 unspecified atom stereocenters. The Bertz CT molecular complexity index is 930. The number of rotatable bonds is 4. The van der Waals surface area contributed by atoms with Gasteiger partial charge in [-0.1, -0.05) is 51.5 Å². The lowest BCUT2D eigenvalue weighted by Gasteiger charge is -2.39. The fourth-order valence-electron chi connectivity index (χ4n) is 5.38. The van der Waals surface area contributed by atoms with Crippen molar-refractivity contribution in [3.63, 3.8) is 0 Å². The summed E-state index contributed by atoms with van der Waals surface area (Å²) in [4.78, 5) is 26.8. The van der Waals surface area contributed by atoms with Gasteiger partial charge < -0.3 is 10.1 Å². The molecule has 4 rings (SSSR count). The lowest BCUT2D eigenvalue weighted by atomic mass is 9.68.